The average Bonchev–Trinajstić information content (AvgIpc) is 3.52. The van der Waals surface area contributed by atoms with Gasteiger partial charge in [-0.05, 0) is 65.2 Å². The molecule has 8 heteroatoms. The molecule has 2 aliphatic carbocycles. The molecule has 38 heavy (non-hydrogen) atoms. The first-order valence-electron chi connectivity index (χ1n) is 14.2. The Morgan fingerprint density at radius 1 is 0.632 bits per heavy atom. The fraction of sp³-hybridized carbons (Fsp3) is 0.733. The number of hydrogen-bond acceptors (Lipinski definition) is 8. The second-order valence-electron chi connectivity index (χ2n) is 10.3. The number of rotatable bonds is 13. The van der Waals surface area contributed by atoms with Crippen molar-refractivity contribution in [1.29, 1.82) is 0 Å². The molecule has 4 unspecified atom stereocenters. The van der Waals surface area contributed by atoms with Gasteiger partial charge in [0.15, 0.2) is 10.8 Å². The van der Waals surface area contributed by atoms with Crippen molar-refractivity contribution in [2.24, 2.45) is 34.5 Å². The maximum absolute atomic E-state index is 12.9. The normalized spacial score (nSPS) is 23.7. The standard InChI is InChI=1S/C30H46O8/c1-7-35-25(31)29(26(32)36-8-2)19-11-13-23(29)17-15-21(5)22(6)16-18-24-14-12-20-30(24,27(33)37-9-3)28(34)38-10-4/h15-18,21-24H,7-14,19-20H2,1-6H3/b17-15+,18-16+. The third kappa shape index (κ3) is 6.49. The Labute approximate surface area is 227 Å². The molecule has 0 spiro atoms. The molecule has 0 radical (unpaired) electrons. The van der Waals surface area contributed by atoms with Crippen molar-refractivity contribution in [3.05, 3.63) is 24.3 Å². The van der Waals surface area contributed by atoms with E-state index in [0.717, 1.165) is 12.8 Å². The lowest BCUT2D eigenvalue weighted by Crippen LogP contribution is -2.44. The molecule has 8 nitrogen and oxygen atoms in total. The molecule has 0 aromatic rings. The van der Waals surface area contributed by atoms with Gasteiger partial charge in [0.1, 0.15) is 0 Å². The number of esters is 4. The van der Waals surface area contributed by atoms with Gasteiger partial charge in [-0.3, -0.25) is 19.2 Å². The van der Waals surface area contributed by atoms with E-state index in [9.17, 15) is 19.2 Å². The Bertz CT molecular complexity index is 781. The molecular formula is C30H46O8. The lowest BCUT2D eigenvalue weighted by molar-refractivity contribution is -0.175. The summed E-state index contributed by atoms with van der Waals surface area (Å²) in [5.41, 5.74) is -2.60. The zero-order valence-electron chi connectivity index (χ0n) is 24.0. The lowest BCUT2D eigenvalue weighted by atomic mass is 9.76. The summed E-state index contributed by atoms with van der Waals surface area (Å²) >= 11 is 0. The minimum atomic E-state index is -1.30. The minimum Gasteiger partial charge on any atom is -0.465 e. The Hall–Kier alpha value is -2.64. The van der Waals surface area contributed by atoms with Crippen molar-refractivity contribution in [2.45, 2.75) is 80.1 Å². The Kier molecular flexibility index (Phi) is 12.0. The van der Waals surface area contributed by atoms with Crippen molar-refractivity contribution in [2.75, 3.05) is 26.4 Å². The maximum atomic E-state index is 12.9. The summed E-state index contributed by atoms with van der Waals surface area (Å²) in [6.07, 6.45) is 11.7. The molecule has 0 bridgehead atoms. The van der Waals surface area contributed by atoms with Crippen LogP contribution in [0.4, 0.5) is 0 Å². The largest absolute Gasteiger partial charge is 0.465 e. The molecule has 2 aliphatic rings. The summed E-state index contributed by atoms with van der Waals surface area (Å²) in [6, 6.07) is 0. The number of hydrogen-bond donors (Lipinski definition) is 0. The Morgan fingerprint density at radius 3 is 1.18 bits per heavy atom. The number of ether oxygens (including phenoxy) is 4. The first-order chi connectivity index (χ1) is 18.1. The molecule has 0 aromatic carbocycles. The van der Waals surface area contributed by atoms with Crippen LogP contribution in [-0.4, -0.2) is 50.3 Å². The van der Waals surface area contributed by atoms with Crippen LogP contribution in [0.3, 0.4) is 0 Å². The molecule has 0 heterocycles. The van der Waals surface area contributed by atoms with Gasteiger partial charge in [-0.25, -0.2) is 0 Å². The van der Waals surface area contributed by atoms with E-state index >= 15 is 0 Å². The van der Waals surface area contributed by atoms with Gasteiger partial charge in [0.2, 0.25) is 0 Å². The number of allylic oxidation sites excluding steroid dienone is 4. The number of carbonyl (C=O) groups excluding carboxylic acids is 4. The van der Waals surface area contributed by atoms with Gasteiger partial charge >= 0.3 is 23.9 Å². The van der Waals surface area contributed by atoms with Gasteiger partial charge in [-0.15, -0.1) is 0 Å². The van der Waals surface area contributed by atoms with Gasteiger partial charge < -0.3 is 18.9 Å². The Morgan fingerprint density at radius 2 is 0.921 bits per heavy atom. The summed E-state index contributed by atoms with van der Waals surface area (Å²) in [5.74, 6) is -2.49. The van der Waals surface area contributed by atoms with Crippen LogP contribution in [0.15, 0.2) is 24.3 Å². The zero-order valence-corrected chi connectivity index (χ0v) is 24.0. The van der Waals surface area contributed by atoms with E-state index in [0.29, 0.717) is 25.7 Å². The van der Waals surface area contributed by atoms with Gasteiger partial charge in [0.05, 0.1) is 26.4 Å². The molecule has 2 fully saturated rings. The summed E-state index contributed by atoms with van der Waals surface area (Å²) in [7, 11) is 0. The number of carbonyl (C=O) groups is 4. The molecule has 0 aliphatic heterocycles. The molecule has 214 valence electrons. The third-order valence-corrected chi connectivity index (χ3v) is 8.12. The minimum absolute atomic E-state index is 0.0786. The monoisotopic (exact) mass is 534 g/mol. The summed E-state index contributed by atoms with van der Waals surface area (Å²) in [5, 5.41) is 0. The molecule has 2 saturated carbocycles. The quantitative estimate of drug-likeness (QED) is 0.137. The molecule has 0 amide bonds. The van der Waals surface area contributed by atoms with Gasteiger partial charge in [0, 0.05) is 11.8 Å². The van der Waals surface area contributed by atoms with Crippen molar-refractivity contribution < 1.29 is 38.1 Å². The SMILES string of the molecule is CCOC(=O)C1(C(=O)OCC)CCCC1/C=C/C(C)C(C)/C=C/C1CCCC1(C(=O)OCC)C(=O)OCC. The van der Waals surface area contributed by atoms with Crippen LogP contribution in [0, 0.1) is 34.5 Å². The van der Waals surface area contributed by atoms with Crippen LogP contribution < -0.4 is 0 Å². The highest BCUT2D eigenvalue weighted by Gasteiger charge is 2.57. The van der Waals surface area contributed by atoms with Gasteiger partial charge in [-0.1, -0.05) is 51.0 Å². The molecule has 4 atom stereocenters. The van der Waals surface area contributed by atoms with E-state index in [1.807, 2.05) is 24.3 Å². The Balaban J connectivity index is 2.22. The first-order valence-corrected chi connectivity index (χ1v) is 14.2. The van der Waals surface area contributed by atoms with Crippen molar-refractivity contribution in [3.63, 3.8) is 0 Å². The topological polar surface area (TPSA) is 105 Å². The molecule has 2 rings (SSSR count). The second kappa shape index (κ2) is 14.5. The van der Waals surface area contributed by atoms with E-state index in [-0.39, 0.29) is 50.1 Å². The highest BCUT2D eigenvalue weighted by molar-refractivity contribution is 6.01. The fourth-order valence-corrected chi connectivity index (χ4v) is 5.78. The van der Waals surface area contributed by atoms with Gasteiger partial charge in [0.25, 0.3) is 0 Å². The van der Waals surface area contributed by atoms with Crippen LogP contribution in [0.25, 0.3) is 0 Å². The second-order valence-corrected chi connectivity index (χ2v) is 10.3. The predicted molar refractivity (Wildman–Crippen MR) is 143 cm³/mol. The lowest BCUT2D eigenvalue weighted by Gasteiger charge is -2.30. The smallest absolute Gasteiger partial charge is 0.324 e. The molecule has 0 aromatic heterocycles. The summed E-state index contributed by atoms with van der Waals surface area (Å²) in [4.78, 5) is 51.8. The third-order valence-electron chi connectivity index (χ3n) is 8.12. The van der Waals surface area contributed by atoms with Crippen molar-refractivity contribution in [1.82, 2.24) is 0 Å². The van der Waals surface area contributed by atoms with Crippen molar-refractivity contribution >= 4 is 23.9 Å². The zero-order chi connectivity index (χ0) is 28.3. The average molecular weight is 535 g/mol. The van der Waals surface area contributed by atoms with Gasteiger partial charge in [-0.2, -0.15) is 0 Å². The predicted octanol–water partition coefficient (Wildman–Crippen LogP) is 5.20. The fourth-order valence-electron chi connectivity index (χ4n) is 5.78. The van der Waals surface area contributed by atoms with E-state index in [2.05, 4.69) is 13.8 Å². The molecule has 0 saturated heterocycles. The highest BCUT2D eigenvalue weighted by Crippen LogP contribution is 2.48. The van der Waals surface area contributed by atoms with Crippen LogP contribution >= 0.6 is 0 Å². The van der Waals surface area contributed by atoms with Crippen LogP contribution in [0.5, 0.6) is 0 Å². The summed E-state index contributed by atoms with van der Waals surface area (Å²) < 4.78 is 21.2. The van der Waals surface area contributed by atoms with Crippen LogP contribution in [0.2, 0.25) is 0 Å². The van der Waals surface area contributed by atoms with E-state index in [1.165, 1.54) is 0 Å². The summed E-state index contributed by atoms with van der Waals surface area (Å²) in [6.45, 7) is 11.9. The maximum Gasteiger partial charge on any atom is 0.324 e. The molecular weight excluding hydrogens is 488 g/mol. The van der Waals surface area contributed by atoms with E-state index < -0.39 is 34.7 Å². The first kappa shape index (κ1) is 31.6. The molecule has 0 N–H and O–H groups in total. The van der Waals surface area contributed by atoms with Crippen molar-refractivity contribution in [3.8, 4) is 0 Å². The van der Waals surface area contributed by atoms with E-state index in [1.54, 1.807) is 27.7 Å². The van der Waals surface area contributed by atoms with E-state index in [4.69, 9.17) is 18.9 Å². The highest BCUT2D eigenvalue weighted by atomic mass is 16.6. The van der Waals surface area contributed by atoms with Crippen LogP contribution in [-0.2, 0) is 38.1 Å². The van der Waals surface area contributed by atoms with Crippen LogP contribution in [0.1, 0.15) is 80.1 Å².